The summed E-state index contributed by atoms with van der Waals surface area (Å²) in [7, 11) is 0. The SMILES string of the molecule is Cc1ccc(CN(CCCN2CCOCC2)C(=S)NCC(C)C)o1. The highest BCUT2D eigenvalue weighted by atomic mass is 32.1. The fraction of sp³-hybridized carbons (Fsp3) is 0.722. The van der Waals surface area contributed by atoms with Gasteiger partial charge < -0.3 is 19.4 Å². The molecule has 0 radical (unpaired) electrons. The largest absolute Gasteiger partial charge is 0.464 e. The molecule has 6 heteroatoms. The van der Waals surface area contributed by atoms with Crippen molar-refractivity contribution >= 4 is 17.3 Å². The molecular formula is C18H31N3O2S. The number of nitrogens with one attached hydrogen (secondary N) is 1. The van der Waals surface area contributed by atoms with E-state index in [1.807, 2.05) is 19.1 Å². The fourth-order valence-electron chi connectivity index (χ4n) is 2.72. The standard InChI is InChI=1S/C18H31N3O2S/c1-15(2)13-19-18(24)21(14-17-6-5-16(3)23-17)8-4-7-20-9-11-22-12-10-20/h5-6,15H,4,7-14H2,1-3H3,(H,19,24). The van der Waals surface area contributed by atoms with Crippen LogP contribution in [-0.4, -0.2) is 60.8 Å². The van der Waals surface area contributed by atoms with E-state index in [0.29, 0.717) is 5.92 Å². The lowest BCUT2D eigenvalue weighted by Crippen LogP contribution is -2.43. The molecule has 0 bridgehead atoms. The van der Waals surface area contributed by atoms with Gasteiger partial charge in [0.2, 0.25) is 0 Å². The second-order valence-electron chi connectivity index (χ2n) is 6.82. The highest BCUT2D eigenvalue weighted by Crippen LogP contribution is 2.11. The van der Waals surface area contributed by atoms with Crippen LogP contribution in [0, 0.1) is 12.8 Å². The predicted molar refractivity (Wildman–Crippen MR) is 101 cm³/mol. The highest BCUT2D eigenvalue weighted by Gasteiger charge is 2.15. The van der Waals surface area contributed by atoms with Crippen molar-refractivity contribution < 1.29 is 9.15 Å². The summed E-state index contributed by atoms with van der Waals surface area (Å²) >= 11 is 5.61. The van der Waals surface area contributed by atoms with Crippen molar-refractivity contribution in [1.29, 1.82) is 0 Å². The minimum absolute atomic E-state index is 0.573. The van der Waals surface area contributed by atoms with E-state index in [-0.39, 0.29) is 0 Å². The van der Waals surface area contributed by atoms with Gasteiger partial charge in [0.25, 0.3) is 0 Å². The first kappa shape index (κ1) is 19.2. The van der Waals surface area contributed by atoms with Gasteiger partial charge in [-0.05, 0) is 43.6 Å². The van der Waals surface area contributed by atoms with Gasteiger partial charge in [0, 0.05) is 32.7 Å². The Morgan fingerprint density at radius 1 is 1.33 bits per heavy atom. The van der Waals surface area contributed by atoms with Gasteiger partial charge in [0.05, 0.1) is 19.8 Å². The van der Waals surface area contributed by atoms with Crippen molar-refractivity contribution in [3.63, 3.8) is 0 Å². The van der Waals surface area contributed by atoms with E-state index < -0.39 is 0 Å². The third kappa shape index (κ3) is 6.79. The maximum atomic E-state index is 5.73. The minimum atomic E-state index is 0.573. The summed E-state index contributed by atoms with van der Waals surface area (Å²) < 4.78 is 11.1. The molecule has 1 N–H and O–H groups in total. The molecule has 0 spiro atoms. The third-order valence-corrected chi connectivity index (χ3v) is 4.50. The molecule has 0 aromatic carbocycles. The number of furan rings is 1. The molecule has 0 amide bonds. The van der Waals surface area contributed by atoms with Crippen molar-refractivity contribution in [3.8, 4) is 0 Å². The smallest absolute Gasteiger partial charge is 0.169 e. The first-order chi connectivity index (χ1) is 11.5. The Morgan fingerprint density at radius 2 is 2.08 bits per heavy atom. The van der Waals surface area contributed by atoms with Crippen LogP contribution < -0.4 is 5.32 Å². The second-order valence-corrected chi connectivity index (χ2v) is 7.21. The van der Waals surface area contributed by atoms with Crippen LogP contribution >= 0.6 is 12.2 Å². The van der Waals surface area contributed by atoms with Gasteiger partial charge in [0.1, 0.15) is 11.5 Å². The van der Waals surface area contributed by atoms with Crippen LogP contribution in [-0.2, 0) is 11.3 Å². The summed E-state index contributed by atoms with van der Waals surface area (Å²) in [6, 6.07) is 4.04. The Balaban J connectivity index is 1.84. The molecule has 24 heavy (non-hydrogen) atoms. The average Bonchev–Trinajstić information content (AvgIpc) is 2.97. The molecule has 1 aromatic rings. The topological polar surface area (TPSA) is 40.9 Å². The predicted octanol–water partition coefficient (Wildman–Crippen LogP) is 2.64. The molecule has 136 valence electrons. The zero-order valence-electron chi connectivity index (χ0n) is 15.2. The lowest BCUT2D eigenvalue weighted by Gasteiger charge is -2.29. The number of nitrogens with zero attached hydrogens (tertiary/aromatic N) is 2. The maximum absolute atomic E-state index is 5.73. The van der Waals surface area contributed by atoms with Gasteiger partial charge in [0.15, 0.2) is 5.11 Å². The Labute approximate surface area is 151 Å². The van der Waals surface area contributed by atoms with Crippen molar-refractivity contribution in [2.45, 2.75) is 33.7 Å². The van der Waals surface area contributed by atoms with Gasteiger partial charge in [-0.15, -0.1) is 0 Å². The maximum Gasteiger partial charge on any atom is 0.169 e. The molecule has 5 nitrogen and oxygen atoms in total. The fourth-order valence-corrected chi connectivity index (χ4v) is 2.96. The van der Waals surface area contributed by atoms with Gasteiger partial charge >= 0.3 is 0 Å². The summed E-state index contributed by atoms with van der Waals surface area (Å²) in [4.78, 5) is 4.68. The number of morpholine rings is 1. The Morgan fingerprint density at radius 3 is 2.71 bits per heavy atom. The van der Waals surface area contributed by atoms with Crippen LogP contribution in [0.1, 0.15) is 31.8 Å². The quantitative estimate of drug-likeness (QED) is 0.725. The number of hydrogen-bond donors (Lipinski definition) is 1. The van der Waals surface area contributed by atoms with Crippen LogP contribution in [0.15, 0.2) is 16.5 Å². The third-order valence-electron chi connectivity index (χ3n) is 4.10. The van der Waals surface area contributed by atoms with Gasteiger partial charge in [-0.25, -0.2) is 0 Å². The molecule has 1 aromatic heterocycles. The van der Waals surface area contributed by atoms with Gasteiger partial charge in [-0.1, -0.05) is 13.8 Å². The van der Waals surface area contributed by atoms with E-state index in [9.17, 15) is 0 Å². The molecule has 2 rings (SSSR count). The Hall–Kier alpha value is -1.11. The van der Waals surface area contributed by atoms with Crippen LogP contribution in [0.4, 0.5) is 0 Å². The van der Waals surface area contributed by atoms with Crippen molar-refractivity contribution in [2.24, 2.45) is 5.92 Å². The average molecular weight is 354 g/mol. The van der Waals surface area contributed by atoms with Crippen molar-refractivity contribution in [3.05, 3.63) is 23.7 Å². The summed E-state index contributed by atoms with van der Waals surface area (Å²) in [5, 5.41) is 4.20. The summed E-state index contributed by atoms with van der Waals surface area (Å²) in [5.41, 5.74) is 0. The summed E-state index contributed by atoms with van der Waals surface area (Å²) in [5.74, 6) is 2.48. The van der Waals surface area contributed by atoms with Crippen LogP contribution in [0.5, 0.6) is 0 Å². The molecule has 1 aliphatic heterocycles. The van der Waals surface area contributed by atoms with E-state index >= 15 is 0 Å². The zero-order chi connectivity index (χ0) is 17.4. The second kappa shape index (κ2) is 10.0. The number of rotatable bonds is 8. The number of ether oxygens (including phenoxy) is 1. The number of thiocarbonyl (C=S) groups is 1. The molecule has 2 heterocycles. The Bertz CT molecular complexity index is 498. The number of aryl methyl sites for hydroxylation is 1. The number of hydrogen-bond acceptors (Lipinski definition) is 4. The Kier molecular flexibility index (Phi) is 8.02. The normalized spacial score (nSPS) is 15.7. The van der Waals surface area contributed by atoms with Crippen LogP contribution in [0.2, 0.25) is 0 Å². The van der Waals surface area contributed by atoms with E-state index in [0.717, 1.165) is 75.5 Å². The molecule has 0 saturated carbocycles. The molecule has 1 fully saturated rings. The van der Waals surface area contributed by atoms with Crippen LogP contribution in [0.3, 0.4) is 0 Å². The van der Waals surface area contributed by atoms with E-state index in [1.165, 1.54) is 0 Å². The van der Waals surface area contributed by atoms with Crippen LogP contribution in [0.25, 0.3) is 0 Å². The first-order valence-electron chi connectivity index (χ1n) is 8.93. The van der Waals surface area contributed by atoms with Crippen molar-refractivity contribution in [2.75, 3.05) is 45.9 Å². The van der Waals surface area contributed by atoms with Crippen molar-refractivity contribution in [1.82, 2.24) is 15.1 Å². The van der Waals surface area contributed by atoms with E-state index in [2.05, 4.69) is 29.0 Å². The van der Waals surface area contributed by atoms with Gasteiger partial charge in [-0.3, -0.25) is 4.90 Å². The zero-order valence-corrected chi connectivity index (χ0v) is 16.0. The lowest BCUT2D eigenvalue weighted by atomic mass is 10.2. The first-order valence-corrected chi connectivity index (χ1v) is 9.33. The monoisotopic (exact) mass is 353 g/mol. The molecule has 0 atom stereocenters. The lowest BCUT2D eigenvalue weighted by molar-refractivity contribution is 0.0367. The molecule has 0 unspecified atom stereocenters. The highest BCUT2D eigenvalue weighted by molar-refractivity contribution is 7.80. The molecule has 1 aliphatic rings. The molecule has 1 saturated heterocycles. The van der Waals surface area contributed by atoms with E-state index in [1.54, 1.807) is 0 Å². The minimum Gasteiger partial charge on any atom is -0.464 e. The van der Waals surface area contributed by atoms with E-state index in [4.69, 9.17) is 21.4 Å². The summed E-state index contributed by atoms with van der Waals surface area (Å²) in [6.45, 7) is 13.8. The van der Waals surface area contributed by atoms with Gasteiger partial charge in [-0.2, -0.15) is 0 Å². The summed E-state index contributed by atoms with van der Waals surface area (Å²) in [6.07, 6.45) is 1.09. The molecular weight excluding hydrogens is 322 g/mol. The molecule has 0 aliphatic carbocycles.